The van der Waals surface area contributed by atoms with Gasteiger partial charge in [-0.25, -0.2) is 0 Å². The third-order valence-electron chi connectivity index (χ3n) is 8.74. The first kappa shape index (κ1) is 34.1. The molecule has 0 aliphatic heterocycles. The number of hydrogen-bond acceptors (Lipinski definition) is 6. The molecule has 0 saturated heterocycles. The molecule has 0 saturated carbocycles. The standard InChI is InChI=1S/C40H46S6/c1-7-9-11-13-15-29-30(16-14-12-10-8-2)40(46-39(29)35-23-25(3)37(44-35)33-20-18-28(6)42-33)36-24-26(4)38(45-36)34-22-21-32(43-34)31-19-17-27(5)41-31/h17-24H,7-16H2,1-6H3. The molecule has 242 valence electrons. The fraction of sp³-hybridized carbons (Fsp3) is 0.400. The van der Waals surface area contributed by atoms with E-state index in [4.69, 9.17) is 0 Å². The second kappa shape index (κ2) is 15.6. The molecule has 0 nitrogen and oxygen atoms in total. The molecule has 0 bridgehead atoms. The van der Waals surface area contributed by atoms with Crippen molar-refractivity contribution < 1.29 is 0 Å². The molecule has 0 atom stereocenters. The highest BCUT2D eigenvalue weighted by Gasteiger charge is 2.24. The Hall–Kier alpha value is -1.80. The van der Waals surface area contributed by atoms with Crippen molar-refractivity contribution in [1.29, 1.82) is 0 Å². The van der Waals surface area contributed by atoms with Crippen molar-refractivity contribution in [1.82, 2.24) is 0 Å². The summed E-state index contributed by atoms with van der Waals surface area (Å²) in [6.07, 6.45) is 12.9. The lowest BCUT2D eigenvalue weighted by Gasteiger charge is -2.09. The zero-order valence-corrected chi connectivity index (χ0v) is 33.0. The van der Waals surface area contributed by atoms with E-state index in [-0.39, 0.29) is 0 Å². The van der Waals surface area contributed by atoms with E-state index < -0.39 is 0 Å². The molecule has 6 aromatic heterocycles. The van der Waals surface area contributed by atoms with Gasteiger partial charge in [-0.05, 0) is 124 Å². The van der Waals surface area contributed by atoms with Crippen LogP contribution < -0.4 is 0 Å². The van der Waals surface area contributed by atoms with Gasteiger partial charge in [-0.2, -0.15) is 0 Å². The summed E-state index contributed by atoms with van der Waals surface area (Å²) in [6.45, 7) is 13.7. The number of hydrogen-bond donors (Lipinski definition) is 0. The van der Waals surface area contributed by atoms with Crippen molar-refractivity contribution in [3.8, 4) is 48.8 Å². The lowest BCUT2D eigenvalue weighted by molar-refractivity contribution is 0.653. The Kier molecular flexibility index (Phi) is 11.6. The van der Waals surface area contributed by atoms with Gasteiger partial charge in [0.1, 0.15) is 0 Å². The van der Waals surface area contributed by atoms with Gasteiger partial charge in [0, 0.05) is 58.5 Å². The van der Waals surface area contributed by atoms with Gasteiger partial charge in [-0.1, -0.05) is 52.4 Å². The van der Waals surface area contributed by atoms with Crippen LogP contribution in [0.4, 0.5) is 0 Å². The Morgan fingerprint density at radius 3 is 1.30 bits per heavy atom. The molecular weight excluding hydrogens is 673 g/mol. The summed E-state index contributed by atoms with van der Waals surface area (Å²) in [6, 6.07) is 18.8. The van der Waals surface area contributed by atoms with Crippen molar-refractivity contribution in [2.24, 2.45) is 0 Å². The summed E-state index contributed by atoms with van der Waals surface area (Å²) in [7, 11) is 0. The van der Waals surface area contributed by atoms with Crippen molar-refractivity contribution >= 4 is 68.0 Å². The molecule has 0 aliphatic rings. The predicted octanol–water partition coefficient (Wildman–Crippen LogP) is 15.9. The zero-order valence-electron chi connectivity index (χ0n) is 28.1. The van der Waals surface area contributed by atoms with Crippen molar-refractivity contribution in [2.75, 3.05) is 0 Å². The maximum absolute atomic E-state index is 2.50. The van der Waals surface area contributed by atoms with Crippen LogP contribution in [0.3, 0.4) is 0 Å². The molecule has 46 heavy (non-hydrogen) atoms. The number of thiophene rings is 6. The van der Waals surface area contributed by atoms with Gasteiger partial charge < -0.3 is 0 Å². The summed E-state index contributed by atoms with van der Waals surface area (Å²) in [4.78, 5) is 17.3. The van der Waals surface area contributed by atoms with Crippen LogP contribution in [0.2, 0.25) is 0 Å². The Bertz CT molecular complexity index is 1880. The predicted molar refractivity (Wildman–Crippen MR) is 216 cm³/mol. The van der Waals surface area contributed by atoms with E-state index >= 15 is 0 Å². The summed E-state index contributed by atoms with van der Waals surface area (Å²) < 4.78 is 0. The topological polar surface area (TPSA) is 0 Å². The first-order chi connectivity index (χ1) is 22.4. The highest BCUT2D eigenvalue weighted by Crippen LogP contribution is 2.51. The smallest absolute Gasteiger partial charge is 0.0484 e. The molecule has 0 amide bonds. The monoisotopic (exact) mass is 718 g/mol. The van der Waals surface area contributed by atoms with E-state index in [0.29, 0.717) is 0 Å². The molecule has 0 unspecified atom stereocenters. The van der Waals surface area contributed by atoms with Crippen LogP contribution in [-0.4, -0.2) is 0 Å². The molecule has 0 aliphatic carbocycles. The summed E-state index contributed by atoms with van der Waals surface area (Å²) in [5.41, 5.74) is 6.14. The Labute approximate surface area is 300 Å². The van der Waals surface area contributed by atoms with Crippen LogP contribution in [0.5, 0.6) is 0 Å². The minimum Gasteiger partial charge on any atom is -0.140 e. The Morgan fingerprint density at radius 2 is 0.826 bits per heavy atom. The SMILES string of the molecule is CCCCCCc1c(-c2cc(C)c(-c3ccc(C)s3)s2)sc(-c2cc(C)c(-c3ccc(-c4ccc(C)s4)s3)s2)c1CCCCCC. The van der Waals surface area contributed by atoms with Gasteiger partial charge >= 0.3 is 0 Å². The van der Waals surface area contributed by atoms with E-state index in [1.54, 1.807) is 20.9 Å². The van der Waals surface area contributed by atoms with E-state index in [1.807, 2.05) is 56.7 Å². The van der Waals surface area contributed by atoms with E-state index in [2.05, 4.69) is 101 Å². The average Bonchev–Trinajstić information content (AvgIpc) is 3.88. The van der Waals surface area contributed by atoms with Crippen LogP contribution in [0, 0.1) is 27.7 Å². The van der Waals surface area contributed by atoms with Gasteiger partial charge in [0.05, 0.1) is 0 Å². The van der Waals surface area contributed by atoms with Gasteiger partial charge in [0.25, 0.3) is 0 Å². The van der Waals surface area contributed by atoms with E-state index in [0.717, 1.165) is 0 Å². The molecular formula is C40H46S6. The molecule has 0 spiro atoms. The number of aryl methyl sites for hydroxylation is 4. The lowest BCUT2D eigenvalue weighted by Crippen LogP contribution is -1.95. The quantitative estimate of drug-likeness (QED) is 0.0927. The molecule has 0 radical (unpaired) electrons. The third kappa shape index (κ3) is 7.58. The summed E-state index contributed by atoms with van der Waals surface area (Å²) >= 11 is 11.9. The molecule has 0 aromatic carbocycles. The van der Waals surface area contributed by atoms with Crippen molar-refractivity contribution in [2.45, 2.75) is 106 Å². The normalized spacial score (nSPS) is 11.7. The molecule has 6 rings (SSSR count). The second-order valence-corrected chi connectivity index (χ2v) is 19.4. The van der Waals surface area contributed by atoms with E-state index in [9.17, 15) is 0 Å². The number of unbranched alkanes of at least 4 members (excludes halogenated alkanes) is 6. The minimum atomic E-state index is 1.20. The molecule has 6 aromatic rings. The van der Waals surface area contributed by atoms with Crippen LogP contribution in [0.1, 0.15) is 97.2 Å². The highest BCUT2D eigenvalue weighted by molar-refractivity contribution is 7.30. The fourth-order valence-corrected chi connectivity index (χ4v) is 13.5. The second-order valence-electron chi connectivity index (χ2n) is 12.6. The zero-order chi connectivity index (χ0) is 32.2. The van der Waals surface area contributed by atoms with E-state index in [1.165, 1.54) is 124 Å². The Morgan fingerprint density at radius 1 is 0.391 bits per heavy atom. The van der Waals surface area contributed by atoms with Crippen LogP contribution in [0.15, 0.2) is 48.5 Å². The molecule has 0 fully saturated rings. The maximum Gasteiger partial charge on any atom is 0.0484 e. The van der Waals surface area contributed by atoms with Crippen LogP contribution in [-0.2, 0) is 12.8 Å². The van der Waals surface area contributed by atoms with Crippen molar-refractivity contribution in [3.05, 3.63) is 80.5 Å². The Balaban J connectivity index is 1.43. The van der Waals surface area contributed by atoms with Crippen molar-refractivity contribution in [3.63, 3.8) is 0 Å². The van der Waals surface area contributed by atoms with Gasteiger partial charge in [-0.3, -0.25) is 0 Å². The third-order valence-corrected chi connectivity index (χ3v) is 16.5. The first-order valence-electron chi connectivity index (χ1n) is 17.0. The van der Waals surface area contributed by atoms with Gasteiger partial charge in [0.15, 0.2) is 0 Å². The lowest BCUT2D eigenvalue weighted by atomic mass is 9.96. The summed E-state index contributed by atoms with van der Waals surface area (Å²) in [5, 5.41) is 0. The minimum absolute atomic E-state index is 1.20. The molecule has 0 N–H and O–H groups in total. The van der Waals surface area contributed by atoms with Gasteiger partial charge in [0.2, 0.25) is 0 Å². The largest absolute Gasteiger partial charge is 0.140 e. The van der Waals surface area contributed by atoms with Gasteiger partial charge in [-0.15, -0.1) is 68.0 Å². The highest BCUT2D eigenvalue weighted by atomic mass is 32.1. The fourth-order valence-electron chi connectivity index (χ4n) is 6.28. The molecule has 6 heterocycles. The maximum atomic E-state index is 2.50. The molecule has 6 heteroatoms. The summed E-state index contributed by atoms with van der Waals surface area (Å²) in [5.74, 6) is 0. The first-order valence-corrected chi connectivity index (χ1v) is 21.9. The van der Waals surface area contributed by atoms with Crippen LogP contribution >= 0.6 is 68.0 Å². The van der Waals surface area contributed by atoms with Crippen LogP contribution in [0.25, 0.3) is 48.8 Å². The average molecular weight is 719 g/mol. The number of rotatable bonds is 15.